The predicted molar refractivity (Wildman–Crippen MR) is 108 cm³/mol. The Hall–Kier alpha value is -4.29. The van der Waals surface area contributed by atoms with Crippen molar-refractivity contribution in [2.75, 3.05) is 5.32 Å². The van der Waals surface area contributed by atoms with Gasteiger partial charge in [-0.05, 0) is 18.2 Å². The number of nitrogens with one attached hydrogen (secondary N) is 1. The fourth-order valence-electron chi connectivity index (χ4n) is 2.86. The van der Waals surface area contributed by atoms with Crippen molar-refractivity contribution >= 4 is 11.7 Å². The van der Waals surface area contributed by atoms with Crippen LogP contribution in [-0.4, -0.2) is 35.8 Å². The molecule has 4 heterocycles. The van der Waals surface area contributed by atoms with Crippen LogP contribution in [0.1, 0.15) is 18.2 Å². The number of rotatable bonds is 6. The van der Waals surface area contributed by atoms with Crippen molar-refractivity contribution < 1.29 is 27.2 Å². The number of aryl methyl sites for hydroxylation is 1. The third-order valence-electron chi connectivity index (χ3n) is 4.46. The molecule has 0 unspecified atom stereocenters. The second-order valence-corrected chi connectivity index (χ2v) is 6.83. The number of carbonyl (C=O) groups excluding carboxylic acids is 1. The van der Waals surface area contributed by atoms with E-state index in [-0.39, 0.29) is 30.1 Å². The van der Waals surface area contributed by atoms with Gasteiger partial charge in [0, 0.05) is 38.0 Å². The maximum atomic E-state index is 12.7. The molecule has 1 N–H and O–H groups in total. The van der Waals surface area contributed by atoms with Gasteiger partial charge < -0.3 is 14.6 Å². The van der Waals surface area contributed by atoms with E-state index in [9.17, 15) is 18.0 Å². The molecule has 0 saturated heterocycles. The van der Waals surface area contributed by atoms with E-state index in [0.717, 1.165) is 12.1 Å². The van der Waals surface area contributed by atoms with Crippen LogP contribution in [0.15, 0.2) is 47.4 Å². The van der Waals surface area contributed by atoms with Gasteiger partial charge in [0.1, 0.15) is 12.4 Å². The zero-order chi connectivity index (χ0) is 23.6. The minimum Gasteiger partial charge on any atom is -0.471 e. The molecule has 4 aromatic rings. The molecule has 0 aliphatic carbocycles. The van der Waals surface area contributed by atoms with Crippen LogP contribution in [0.3, 0.4) is 0 Å². The first-order valence-corrected chi connectivity index (χ1v) is 9.45. The quantitative estimate of drug-likeness (QED) is 0.465. The van der Waals surface area contributed by atoms with E-state index in [1.54, 1.807) is 19.2 Å². The lowest BCUT2D eigenvalue weighted by molar-refractivity contribution is -0.137. The molecule has 4 rings (SSSR count). The number of aromatic nitrogens is 6. The van der Waals surface area contributed by atoms with Gasteiger partial charge in [-0.1, -0.05) is 5.16 Å². The molecule has 4 aromatic heterocycles. The zero-order valence-corrected chi connectivity index (χ0v) is 17.3. The maximum Gasteiger partial charge on any atom is 0.417 e. The lowest BCUT2D eigenvalue weighted by Gasteiger charge is -2.09. The Balaban J connectivity index is 1.53. The van der Waals surface area contributed by atoms with E-state index < -0.39 is 11.7 Å². The number of nitrogens with zero attached hydrogens (tertiary/aromatic N) is 6. The highest BCUT2D eigenvalue weighted by molar-refractivity contribution is 5.88. The first-order chi connectivity index (χ1) is 15.7. The summed E-state index contributed by atoms with van der Waals surface area (Å²) in [4.78, 5) is 23.3. The summed E-state index contributed by atoms with van der Waals surface area (Å²) >= 11 is 0. The Bertz CT molecular complexity index is 1280. The Morgan fingerprint density at radius 2 is 2.03 bits per heavy atom. The normalized spacial score (nSPS) is 11.4. The number of amides is 1. The van der Waals surface area contributed by atoms with Gasteiger partial charge in [0.05, 0.1) is 23.0 Å². The van der Waals surface area contributed by atoms with Crippen LogP contribution in [0.2, 0.25) is 0 Å². The maximum absolute atomic E-state index is 12.7. The van der Waals surface area contributed by atoms with Crippen molar-refractivity contribution in [2.24, 2.45) is 7.05 Å². The highest BCUT2D eigenvalue weighted by Crippen LogP contribution is 2.30. The SMILES string of the molecule is CC(=O)Nc1cc(-c2noc(-c3cnn(C)c3COc3ccc(C(F)(F)F)cn3)n2)ccn1. The minimum atomic E-state index is -4.48. The van der Waals surface area contributed by atoms with E-state index >= 15 is 0 Å². The molecule has 0 fully saturated rings. The topological polar surface area (TPSA) is 121 Å². The highest BCUT2D eigenvalue weighted by Gasteiger charge is 2.30. The largest absolute Gasteiger partial charge is 0.471 e. The summed E-state index contributed by atoms with van der Waals surface area (Å²) in [5.41, 5.74) is 0.728. The van der Waals surface area contributed by atoms with E-state index in [0.29, 0.717) is 28.8 Å². The van der Waals surface area contributed by atoms with Gasteiger partial charge >= 0.3 is 6.18 Å². The molecule has 0 atom stereocenters. The molecule has 0 aliphatic heterocycles. The molecule has 0 aromatic carbocycles. The summed E-state index contributed by atoms with van der Waals surface area (Å²) in [5, 5.41) is 10.7. The van der Waals surface area contributed by atoms with Gasteiger partial charge in [0.2, 0.25) is 17.6 Å². The summed E-state index contributed by atoms with van der Waals surface area (Å²) < 4.78 is 50.5. The van der Waals surface area contributed by atoms with Gasteiger partial charge in [0.25, 0.3) is 5.89 Å². The number of halogens is 3. The monoisotopic (exact) mass is 459 g/mol. The van der Waals surface area contributed by atoms with Crippen LogP contribution in [0.4, 0.5) is 19.0 Å². The third kappa shape index (κ3) is 4.97. The van der Waals surface area contributed by atoms with E-state index in [2.05, 4.69) is 30.5 Å². The Morgan fingerprint density at radius 3 is 2.73 bits per heavy atom. The number of hydrogen-bond donors (Lipinski definition) is 1. The van der Waals surface area contributed by atoms with E-state index in [4.69, 9.17) is 9.26 Å². The van der Waals surface area contributed by atoms with Gasteiger partial charge in [-0.25, -0.2) is 9.97 Å². The lowest BCUT2D eigenvalue weighted by Crippen LogP contribution is -2.07. The summed E-state index contributed by atoms with van der Waals surface area (Å²) in [7, 11) is 1.67. The fourth-order valence-corrected chi connectivity index (χ4v) is 2.86. The van der Waals surface area contributed by atoms with Crippen molar-refractivity contribution in [3.8, 4) is 28.7 Å². The number of carbonyl (C=O) groups is 1. The van der Waals surface area contributed by atoms with Gasteiger partial charge in [0.15, 0.2) is 0 Å². The molecular formula is C20H16F3N7O3. The van der Waals surface area contributed by atoms with E-state index in [1.165, 1.54) is 24.0 Å². The molecule has 13 heteroatoms. The first kappa shape index (κ1) is 21.9. The average molecular weight is 459 g/mol. The molecule has 0 radical (unpaired) electrons. The fraction of sp³-hybridized carbons (Fsp3) is 0.200. The predicted octanol–water partition coefficient (Wildman–Crippen LogP) is 3.48. The van der Waals surface area contributed by atoms with Crippen molar-refractivity contribution in [3.05, 3.63) is 54.1 Å². The molecule has 0 aliphatic rings. The van der Waals surface area contributed by atoms with Crippen LogP contribution in [0.5, 0.6) is 5.88 Å². The molecule has 0 spiro atoms. The van der Waals surface area contributed by atoms with Crippen LogP contribution in [0, 0.1) is 0 Å². The Kier molecular flexibility index (Phi) is 5.77. The number of hydrogen-bond acceptors (Lipinski definition) is 8. The summed E-state index contributed by atoms with van der Waals surface area (Å²) in [6.45, 7) is 1.32. The molecular weight excluding hydrogens is 443 g/mol. The summed E-state index contributed by atoms with van der Waals surface area (Å²) in [6.07, 6.45) is -0.773. The van der Waals surface area contributed by atoms with Crippen LogP contribution in [0.25, 0.3) is 22.8 Å². The van der Waals surface area contributed by atoms with Crippen molar-refractivity contribution in [2.45, 2.75) is 19.7 Å². The highest BCUT2D eigenvalue weighted by atomic mass is 19.4. The Labute approximate surface area is 184 Å². The molecule has 1 amide bonds. The molecule has 33 heavy (non-hydrogen) atoms. The second-order valence-electron chi connectivity index (χ2n) is 6.83. The van der Waals surface area contributed by atoms with Crippen molar-refractivity contribution in [1.29, 1.82) is 0 Å². The number of alkyl halides is 3. The molecule has 0 bridgehead atoms. The number of anilines is 1. The second kappa shape index (κ2) is 8.68. The number of pyridine rings is 2. The van der Waals surface area contributed by atoms with Crippen molar-refractivity contribution in [3.63, 3.8) is 0 Å². The summed E-state index contributed by atoms with van der Waals surface area (Å²) in [6, 6.07) is 5.28. The number of ether oxygens (including phenoxy) is 1. The Morgan fingerprint density at radius 1 is 1.21 bits per heavy atom. The zero-order valence-electron chi connectivity index (χ0n) is 17.3. The molecule has 0 saturated carbocycles. The standard InChI is InChI=1S/C20H16F3N7O3/c1-11(31)27-16-7-12(5-6-24-16)18-28-19(33-29-18)14-9-26-30(2)15(14)10-32-17-4-3-13(8-25-17)20(21,22)23/h3-9H,10H2,1-2H3,(H,24,27,31). The van der Waals surface area contributed by atoms with Gasteiger partial charge in [-0.15, -0.1) is 0 Å². The lowest BCUT2D eigenvalue weighted by atomic mass is 10.2. The van der Waals surface area contributed by atoms with Gasteiger partial charge in [-0.3, -0.25) is 9.48 Å². The smallest absolute Gasteiger partial charge is 0.417 e. The minimum absolute atomic E-state index is 0.0173. The first-order valence-electron chi connectivity index (χ1n) is 9.45. The molecule has 10 nitrogen and oxygen atoms in total. The van der Waals surface area contributed by atoms with Gasteiger partial charge in [-0.2, -0.15) is 23.3 Å². The molecule has 170 valence electrons. The van der Waals surface area contributed by atoms with Crippen molar-refractivity contribution in [1.82, 2.24) is 29.9 Å². The average Bonchev–Trinajstić information content (AvgIpc) is 3.38. The van der Waals surface area contributed by atoms with Crippen LogP contribution < -0.4 is 10.1 Å². The van der Waals surface area contributed by atoms with Crippen LogP contribution in [-0.2, 0) is 24.6 Å². The van der Waals surface area contributed by atoms with Crippen LogP contribution >= 0.6 is 0 Å². The summed E-state index contributed by atoms with van der Waals surface area (Å²) in [5.74, 6) is 0.514. The third-order valence-corrected chi connectivity index (χ3v) is 4.46. The van der Waals surface area contributed by atoms with E-state index in [1.807, 2.05) is 0 Å².